The lowest BCUT2D eigenvalue weighted by Gasteiger charge is -2.29. The van der Waals surface area contributed by atoms with E-state index in [0.717, 1.165) is 0 Å². The SMILES string of the molecule is COc1nc(-c2cccc(-c3ccnc(-c4cc(OC)c5nc(CO)cn5c4)c3Cl)c2Cl)ccc1CN(C[C@@H]1CCC(=O)N1)C(=O)OC(C)(C)C. The Labute approximate surface area is 305 Å². The Hall–Kier alpha value is -4.91. The molecule has 6 rings (SSSR count). The molecule has 2 amide bonds. The number of nitrogens with one attached hydrogen (secondary N) is 1. The second-order valence-corrected chi connectivity index (χ2v) is 13.9. The summed E-state index contributed by atoms with van der Waals surface area (Å²) in [5.74, 6) is 0.776. The number of ether oxygens (including phenoxy) is 3. The summed E-state index contributed by atoms with van der Waals surface area (Å²) in [7, 11) is 3.06. The van der Waals surface area contributed by atoms with Crippen molar-refractivity contribution in [1.29, 1.82) is 0 Å². The van der Waals surface area contributed by atoms with Crippen molar-refractivity contribution >= 4 is 40.8 Å². The van der Waals surface area contributed by atoms with Gasteiger partial charge in [-0.2, -0.15) is 0 Å². The molecule has 1 aliphatic heterocycles. The molecule has 5 aromatic rings. The number of hydrogen-bond donors (Lipinski definition) is 2. The molecule has 14 heteroatoms. The normalized spacial score (nSPS) is 14.4. The van der Waals surface area contributed by atoms with Crippen molar-refractivity contribution < 1.29 is 28.9 Å². The molecule has 1 saturated heterocycles. The van der Waals surface area contributed by atoms with Crippen LogP contribution in [0.15, 0.2) is 61.1 Å². The van der Waals surface area contributed by atoms with Gasteiger partial charge in [0.15, 0.2) is 11.4 Å². The number of benzene rings is 1. The maximum atomic E-state index is 13.3. The second-order valence-electron chi connectivity index (χ2n) is 13.1. The molecule has 0 spiro atoms. The van der Waals surface area contributed by atoms with Crippen LogP contribution in [-0.2, 0) is 22.7 Å². The second kappa shape index (κ2) is 14.7. The number of halogens is 2. The van der Waals surface area contributed by atoms with Gasteiger partial charge in [0, 0.05) is 65.4 Å². The van der Waals surface area contributed by atoms with Gasteiger partial charge in [0.2, 0.25) is 11.8 Å². The predicted molar refractivity (Wildman–Crippen MR) is 194 cm³/mol. The molecule has 1 fully saturated rings. The zero-order valence-electron chi connectivity index (χ0n) is 28.9. The number of aliphatic hydroxyl groups excluding tert-OH is 1. The number of pyridine rings is 3. The summed E-state index contributed by atoms with van der Waals surface area (Å²) in [5.41, 5.74) is 4.71. The number of fused-ring (bicyclic) bond motifs is 1. The van der Waals surface area contributed by atoms with Crippen LogP contribution in [0.2, 0.25) is 10.0 Å². The van der Waals surface area contributed by atoms with E-state index in [4.69, 9.17) is 42.4 Å². The Kier molecular flexibility index (Phi) is 10.4. The molecule has 5 heterocycles. The van der Waals surface area contributed by atoms with Gasteiger partial charge < -0.3 is 33.9 Å². The maximum absolute atomic E-state index is 13.3. The number of amides is 2. The van der Waals surface area contributed by atoms with Gasteiger partial charge in [-0.15, -0.1) is 0 Å². The monoisotopic (exact) mass is 732 g/mol. The predicted octanol–water partition coefficient (Wildman–Crippen LogP) is 6.96. The lowest BCUT2D eigenvalue weighted by molar-refractivity contribution is -0.119. The molecule has 51 heavy (non-hydrogen) atoms. The number of nitrogens with zero attached hydrogens (tertiary/aromatic N) is 5. The van der Waals surface area contributed by atoms with Crippen molar-refractivity contribution in [3.63, 3.8) is 0 Å². The molecule has 0 aliphatic carbocycles. The van der Waals surface area contributed by atoms with E-state index in [2.05, 4.69) is 15.3 Å². The number of carbonyl (C=O) groups is 2. The van der Waals surface area contributed by atoms with E-state index >= 15 is 0 Å². The van der Waals surface area contributed by atoms with Gasteiger partial charge in [-0.1, -0.05) is 41.4 Å². The number of methoxy groups -OCH3 is 2. The minimum absolute atomic E-state index is 0.0373. The standard InChI is InChI=1S/C37H38Cl2N6O6/c1-37(2,3)51-36(48)45(18-23-10-12-30(47)41-23)16-21-9-11-28(43-35(21)50-5)27-8-6-7-25(31(27)38)26-13-14-40-33(32(26)39)22-15-29(49-4)34-42-24(20-46)19-44(34)17-22/h6-9,11,13-15,17,19,23,46H,10,12,16,18,20H2,1-5H3,(H,41,47)/t23-/m0/s1. The molecule has 12 nitrogen and oxygen atoms in total. The highest BCUT2D eigenvalue weighted by molar-refractivity contribution is 6.39. The summed E-state index contributed by atoms with van der Waals surface area (Å²) >= 11 is 14.2. The molecule has 266 valence electrons. The minimum atomic E-state index is -0.703. The van der Waals surface area contributed by atoms with E-state index < -0.39 is 11.7 Å². The highest BCUT2D eigenvalue weighted by Crippen LogP contribution is 2.42. The third-order valence-electron chi connectivity index (χ3n) is 8.35. The Bertz CT molecular complexity index is 2110. The van der Waals surface area contributed by atoms with Crippen LogP contribution in [0.5, 0.6) is 11.6 Å². The van der Waals surface area contributed by atoms with E-state index in [0.29, 0.717) is 85.1 Å². The summed E-state index contributed by atoms with van der Waals surface area (Å²) < 4.78 is 18.7. The van der Waals surface area contributed by atoms with Gasteiger partial charge in [-0.05, 0) is 51.5 Å². The quantitative estimate of drug-likeness (QED) is 0.156. The van der Waals surface area contributed by atoms with Crippen molar-refractivity contribution in [2.24, 2.45) is 0 Å². The summed E-state index contributed by atoms with van der Waals surface area (Å²) in [6.07, 6.45) is 5.75. The van der Waals surface area contributed by atoms with Crippen molar-refractivity contribution in [2.75, 3.05) is 20.8 Å². The van der Waals surface area contributed by atoms with E-state index in [-0.39, 0.29) is 31.6 Å². The molecule has 4 aromatic heterocycles. The first-order chi connectivity index (χ1) is 24.4. The highest BCUT2D eigenvalue weighted by Gasteiger charge is 2.29. The van der Waals surface area contributed by atoms with Crippen LogP contribution in [0.4, 0.5) is 4.79 Å². The van der Waals surface area contributed by atoms with E-state index in [1.54, 1.807) is 61.7 Å². The molecular weight excluding hydrogens is 695 g/mol. The Morgan fingerprint density at radius 3 is 2.49 bits per heavy atom. The highest BCUT2D eigenvalue weighted by atomic mass is 35.5. The van der Waals surface area contributed by atoms with Crippen LogP contribution in [0.1, 0.15) is 44.9 Å². The van der Waals surface area contributed by atoms with Gasteiger partial charge in [0.1, 0.15) is 5.60 Å². The van der Waals surface area contributed by atoms with Crippen LogP contribution in [0.25, 0.3) is 39.3 Å². The van der Waals surface area contributed by atoms with Gasteiger partial charge in [0.05, 0.1) is 54.5 Å². The van der Waals surface area contributed by atoms with Gasteiger partial charge in [-0.25, -0.2) is 14.8 Å². The minimum Gasteiger partial charge on any atom is -0.493 e. The largest absolute Gasteiger partial charge is 0.493 e. The fraction of sp³-hybridized carbons (Fsp3) is 0.324. The maximum Gasteiger partial charge on any atom is 0.410 e. The number of aromatic nitrogens is 4. The zero-order chi connectivity index (χ0) is 36.4. The smallest absolute Gasteiger partial charge is 0.410 e. The molecular formula is C37H38Cl2N6O6. The van der Waals surface area contributed by atoms with Crippen molar-refractivity contribution in [1.82, 2.24) is 29.6 Å². The first-order valence-electron chi connectivity index (χ1n) is 16.3. The lowest BCUT2D eigenvalue weighted by atomic mass is 10.00. The summed E-state index contributed by atoms with van der Waals surface area (Å²) in [6, 6.07) is 12.7. The summed E-state index contributed by atoms with van der Waals surface area (Å²) in [5, 5.41) is 13.3. The van der Waals surface area contributed by atoms with E-state index in [1.807, 2.05) is 36.5 Å². The number of imidazole rings is 1. The van der Waals surface area contributed by atoms with E-state index in [9.17, 15) is 14.7 Å². The molecule has 2 N–H and O–H groups in total. The third kappa shape index (κ3) is 7.73. The summed E-state index contributed by atoms with van der Waals surface area (Å²) in [4.78, 5) is 40.5. The fourth-order valence-electron chi connectivity index (χ4n) is 6.00. The topological polar surface area (TPSA) is 140 Å². The first-order valence-corrected chi connectivity index (χ1v) is 17.1. The Balaban J connectivity index is 1.32. The Morgan fingerprint density at radius 1 is 1.04 bits per heavy atom. The third-order valence-corrected chi connectivity index (χ3v) is 9.14. The van der Waals surface area contributed by atoms with Gasteiger partial charge in [-0.3, -0.25) is 9.78 Å². The molecule has 0 unspecified atom stereocenters. The number of carbonyl (C=O) groups excluding carboxylic acids is 2. The molecule has 1 aromatic carbocycles. The molecule has 0 saturated carbocycles. The van der Waals surface area contributed by atoms with Gasteiger partial charge >= 0.3 is 6.09 Å². The first kappa shape index (κ1) is 35.9. The van der Waals surface area contributed by atoms with Crippen LogP contribution in [0.3, 0.4) is 0 Å². The van der Waals surface area contributed by atoms with Crippen LogP contribution in [0, 0.1) is 0 Å². The van der Waals surface area contributed by atoms with Crippen LogP contribution in [-0.4, -0.2) is 73.8 Å². The van der Waals surface area contributed by atoms with Crippen LogP contribution >= 0.6 is 23.2 Å². The fourth-order valence-corrected chi connectivity index (χ4v) is 6.64. The number of rotatable bonds is 10. The Morgan fingerprint density at radius 2 is 1.80 bits per heavy atom. The molecule has 1 atom stereocenters. The molecule has 0 radical (unpaired) electrons. The average molecular weight is 734 g/mol. The van der Waals surface area contributed by atoms with Crippen LogP contribution < -0.4 is 14.8 Å². The van der Waals surface area contributed by atoms with Crippen molar-refractivity contribution in [2.45, 2.75) is 58.4 Å². The average Bonchev–Trinajstić information content (AvgIpc) is 3.72. The van der Waals surface area contributed by atoms with E-state index in [1.165, 1.54) is 7.11 Å². The molecule has 0 bridgehead atoms. The lowest BCUT2D eigenvalue weighted by Crippen LogP contribution is -2.43. The number of hydrogen-bond acceptors (Lipinski definition) is 9. The van der Waals surface area contributed by atoms with Crippen molar-refractivity contribution in [3.05, 3.63) is 82.4 Å². The van der Waals surface area contributed by atoms with Gasteiger partial charge in [0.25, 0.3) is 0 Å². The summed E-state index contributed by atoms with van der Waals surface area (Å²) in [6.45, 7) is 5.64. The molecule has 1 aliphatic rings. The van der Waals surface area contributed by atoms with Crippen molar-refractivity contribution in [3.8, 4) is 45.3 Å². The number of aliphatic hydroxyl groups is 1. The zero-order valence-corrected chi connectivity index (χ0v) is 30.4.